The van der Waals surface area contributed by atoms with Gasteiger partial charge >= 0.3 is 6.16 Å². The molecule has 2 aliphatic carbocycles. The van der Waals surface area contributed by atoms with Crippen LogP contribution in [0.1, 0.15) is 43.7 Å². The summed E-state index contributed by atoms with van der Waals surface area (Å²) in [7, 11) is 0. The Morgan fingerprint density at radius 3 is 2.90 bits per heavy atom. The fourth-order valence-corrected chi connectivity index (χ4v) is 2.88. The van der Waals surface area contributed by atoms with Crippen LogP contribution in [0.15, 0.2) is 42.0 Å². The van der Waals surface area contributed by atoms with Crippen LogP contribution in [-0.2, 0) is 15.9 Å². The van der Waals surface area contributed by atoms with Crippen LogP contribution in [0.2, 0.25) is 0 Å². The highest BCUT2D eigenvalue weighted by Gasteiger charge is 2.22. The first-order chi connectivity index (χ1) is 10.2. The fraction of sp³-hybridized carbons (Fsp3) is 0.389. The molecule has 0 aliphatic heterocycles. The minimum absolute atomic E-state index is 0.147. The molecule has 0 aromatic heterocycles. The maximum Gasteiger partial charge on any atom is 0.514 e. The lowest BCUT2D eigenvalue weighted by molar-refractivity contribution is 0.0629. The largest absolute Gasteiger partial charge is 0.514 e. The Bertz CT molecular complexity index is 598. The lowest BCUT2D eigenvalue weighted by Gasteiger charge is -2.22. The predicted molar refractivity (Wildman–Crippen MR) is 81.7 cm³/mol. The van der Waals surface area contributed by atoms with Gasteiger partial charge in [-0.15, -0.1) is 0 Å². The van der Waals surface area contributed by atoms with Crippen molar-refractivity contribution < 1.29 is 14.3 Å². The SMILES string of the molecule is CC1=C(OC(=O)OC2C=CCCC2)c2ccccc2CC1. The summed E-state index contributed by atoms with van der Waals surface area (Å²) in [5.41, 5.74) is 3.34. The minimum Gasteiger partial charge on any atom is -0.426 e. The number of hydrogen-bond donors (Lipinski definition) is 0. The second-order valence-corrected chi connectivity index (χ2v) is 5.63. The summed E-state index contributed by atoms with van der Waals surface area (Å²) < 4.78 is 10.9. The lowest BCUT2D eigenvalue weighted by Crippen LogP contribution is -2.19. The number of benzene rings is 1. The molecule has 1 unspecified atom stereocenters. The molecule has 1 aromatic carbocycles. The van der Waals surface area contributed by atoms with Gasteiger partial charge in [-0.2, -0.15) is 0 Å². The third-order valence-corrected chi connectivity index (χ3v) is 4.06. The summed E-state index contributed by atoms with van der Waals surface area (Å²) in [6.07, 6.45) is 8.16. The Labute approximate surface area is 125 Å². The number of fused-ring (bicyclic) bond motifs is 1. The number of ether oxygens (including phenoxy) is 2. The average Bonchev–Trinajstić information content (AvgIpc) is 2.51. The van der Waals surface area contributed by atoms with E-state index < -0.39 is 6.16 Å². The zero-order chi connectivity index (χ0) is 14.7. The van der Waals surface area contributed by atoms with Gasteiger partial charge in [0.05, 0.1) is 0 Å². The van der Waals surface area contributed by atoms with Gasteiger partial charge in [-0.25, -0.2) is 4.79 Å². The molecule has 0 saturated heterocycles. The Kier molecular flexibility index (Phi) is 4.09. The van der Waals surface area contributed by atoms with Crippen LogP contribution in [0.4, 0.5) is 4.79 Å². The van der Waals surface area contributed by atoms with Gasteiger partial charge in [-0.05, 0) is 56.2 Å². The number of hydrogen-bond acceptors (Lipinski definition) is 3. The van der Waals surface area contributed by atoms with E-state index in [2.05, 4.69) is 12.1 Å². The highest BCUT2D eigenvalue weighted by molar-refractivity contribution is 5.76. The van der Waals surface area contributed by atoms with Gasteiger partial charge in [0, 0.05) is 5.56 Å². The minimum atomic E-state index is -0.599. The van der Waals surface area contributed by atoms with E-state index in [1.54, 1.807) is 0 Å². The number of allylic oxidation sites excluding steroid dienone is 2. The molecule has 0 fully saturated rings. The Morgan fingerprint density at radius 1 is 1.24 bits per heavy atom. The third-order valence-electron chi connectivity index (χ3n) is 4.06. The zero-order valence-electron chi connectivity index (χ0n) is 12.3. The third kappa shape index (κ3) is 3.18. The van der Waals surface area contributed by atoms with Crippen molar-refractivity contribution >= 4 is 11.9 Å². The molecule has 110 valence electrons. The van der Waals surface area contributed by atoms with Crippen molar-refractivity contribution in [1.82, 2.24) is 0 Å². The molecular weight excluding hydrogens is 264 g/mol. The van der Waals surface area contributed by atoms with Crippen molar-refractivity contribution in [1.29, 1.82) is 0 Å². The first-order valence-electron chi connectivity index (χ1n) is 7.57. The van der Waals surface area contributed by atoms with Crippen LogP contribution >= 0.6 is 0 Å². The first kappa shape index (κ1) is 13.9. The van der Waals surface area contributed by atoms with Gasteiger partial charge in [-0.1, -0.05) is 30.3 Å². The van der Waals surface area contributed by atoms with Gasteiger partial charge in [-0.3, -0.25) is 0 Å². The number of aryl methyl sites for hydroxylation is 1. The molecule has 2 aliphatic rings. The molecule has 0 radical (unpaired) electrons. The van der Waals surface area contributed by atoms with E-state index in [4.69, 9.17) is 9.47 Å². The summed E-state index contributed by atoms with van der Waals surface area (Å²) in [5, 5.41) is 0. The predicted octanol–water partition coefficient (Wildman–Crippen LogP) is 4.63. The van der Waals surface area contributed by atoms with E-state index in [0.29, 0.717) is 5.76 Å². The summed E-state index contributed by atoms with van der Waals surface area (Å²) in [4.78, 5) is 12.0. The maximum atomic E-state index is 12.0. The number of carbonyl (C=O) groups is 1. The summed E-state index contributed by atoms with van der Waals surface area (Å²) in [5.74, 6) is 0.668. The molecule has 1 aromatic rings. The quantitative estimate of drug-likeness (QED) is 0.587. The van der Waals surface area contributed by atoms with Gasteiger partial charge in [0.15, 0.2) is 0 Å². The van der Waals surface area contributed by atoms with Gasteiger partial charge in [0.2, 0.25) is 0 Å². The molecular formula is C18H20O3. The number of carbonyl (C=O) groups excluding carboxylic acids is 1. The highest BCUT2D eigenvalue weighted by atomic mass is 16.7. The molecule has 1 atom stereocenters. The van der Waals surface area contributed by atoms with Crippen molar-refractivity contribution in [3.63, 3.8) is 0 Å². The normalized spacial score (nSPS) is 20.9. The van der Waals surface area contributed by atoms with Crippen molar-refractivity contribution in [2.45, 2.75) is 45.1 Å². The van der Waals surface area contributed by atoms with Crippen molar-refractivity contribution in [2.24, 2.45) is 0 Å². The van der Waals surface area contributed by atoms with Crippen molar-refractivity contribution in [2.75, 3.05) is 0 Å². The Morgan fingerprint density at radius 2 is 2.10 bits per heavy atom. The Balaban J connectivity index is 1.72. The molecule has 0 N–H and O–H groups in total. The summed E-state index contributed by atoms with van der Waals surface area (Å²) >= 11 is 0. The van der Waals surface area contributed by atoms with Crippen molar-refractivity contribution in [3.05, 3.63) is 53.1 Å². The second-order valence-electron chi connectivity index (χ2n) is 5.63. The maximum absolute atomic E-state index is 12.0. The average molecular weight is 284 g/mol. The van der Waals surface area contributed by atoms with E-state index >= 15 is 0 Å². The smallest absolute Gasteiger partial charge is 0.426 e. The summed E-state index contributed by atoms with van der Waals surface area (Å²) in [6.45, 7) is 2.01. The van der Waals surface area contributed by atoms with Crippen LogP contribution in [-0.4, -0.2) is 12.3 Å². The van der Waals surface area contributed by atoms with Crippen molar-refractivity contribution in [3.8, 4) is 0 Å². The van der Waals surface area contributed by atoms with Gasteiger partial charge < -0.3 is 9.47 Å². The molecule has 21 heavy (non-hydrogen) atoms. The highest BCUT2D eigenvalue weighted by Crippen LogP contribution is 2.32. The molecule has 3 rings (SSSR count). The number of rotatable bonds is 2. The molecule has 0 amide bonds. The topological polar surface area (TPSA) is 35.5 Å². The molecule has 0 bridgehead atoms. The molecule has 3 nitrogen and oxygen atoms in total. The monoisotopic (exact) mass is 284 g/mol. The molecule has 3 heteroatoms. The van der Waals surface area contributed by atoms with Crippen LogP contribution < -0.4 is 0 Å². The van der Waals surface area contributed by atoms with Gasteiger partial charge in [0.25, 0.3) is 0 Å². The van der Waals surface area contributed by atoms with E-state index in [-0.39, 0.29) is 6.10 Å². The zero-order valence-corrected chi connectivity index (χ0v) is 12.3. The van der Waals surface area contributed by atoms with Crippen LogP contribution in [0, 0.1) is 0 Å². The summed E-state index contributed by atoms with van der Waals surface area (Å²) in [6, 6.07) is 8.07. The van der Waals surface area contributed by atoms with E-state index in [1.807, 2.05) is 31.2 Å². The lowest BCUT2D eigenvalue weighted by atomic mass is 9.91. The van der Waals surface area contributed by atoms with Crippen LogP contribution in [0.25, 0.3) is 5.76 Å². The Hall–Kier alpha value is -2.03. The molecule has 0 spiro atoms. The molecule has 0 saturated carbocycles. The first-order valence-corrected chi connectivity index (χ1v) is 7.57. The van der Waals surface area contributed by atoms with Crippen LogP contribution in [0.3, 0.4) is 0 Å². The standard InChI is InChI=1S/C18H20O3/c1-13-11-12-14-7-5-6-10-16(14)17(13)21-18(19)20-15-8-3-2-4-9-15/h3,5-8,10,15H,2,4,9,11-12H2,1H3. The fourth-order valence-electron chi connectivity index (χ4n) is 2.88. The van der Waals surface area contributed by atoms with Crippen LogP contribution in [0.5, 0.6) is 0 Å². The van der Waals surface area contributed by atoms with Gasteiger partial charge in [0.1, 0.15) is 11.9 Å². The van der Waals surface area contributed by atoms with E-state index in [0.717, 1.165) is 43.2 Å². The van der Waals surface area contributed by atoms with E-state index in [9.17, 15) is 4.79 Å². The molecule has 0 heterocycles. The second kappa shape index (κ2) is 6.17. The van der Waals surface area contributed by atoms with E-state index in [1.165, 1.54) is 5.56 Å².